The minimum absolute atomic E-state index is 0.439. The monoisotopic (exact) mass is 265 g/mol. The third kappa shape index (κ3) is 2.54. The standard InChI is InChI=1S/C16H27NO2/c1-12-5-7-16(8-6-12,15(18)19)11-17-9-13-3-2-4-14(13)10-17/h12-14H,2-11H2,1H3,(H,18,19). The van der Waals surface area contributed by atoms with Crippen molar-refractivity contribution < 1.29 is 9.90 Å². The van der Waals surface area contributed by atoms with Gasteiger partial charge >= 0.3 is 5.97 Å². The van der Waals surface area contributed by atoms with E-state index in [0.717, 1.165) is 57.2 Å². The van der Waals surface area contributed by atoms with Crippen LogP contribution < -0.4 is 0 Å². The van der Waals surface area contributed by atoms with Gasteiger partial charge in [0.2, 0.25) is 0 Å². The van der Waals surface area contributed by atoms with Gasteiger partial charge in [0.25, 0.3) is 0 Å². The number of aliphatic carboxylic acids is 1. The highest BCUT2D eigenvalue weighted by Crippen LogP contribution is 2.43. The molecule has 3 fully saturated rings. The Bertz CT molecular complexity index is 335. The lowest BCUT2D eigenvalue weighted by atomic mass is 9.70. The predicted molar refractivity (Wildman–Crippen MR) is 75.0 cm³/mol. The average Bonchev–Trinajstić information content (AvgIpc) is 2.92. The fourth-order valence-corrected chi connectivity index (χ4v) is 4.64. The van der Waals surface area contributed by atoms with Gasteiger partial charge in [0.05, 0.1) is 5.41 Å². The molecule has 1 aliphatic heterocycles. The molecule has 0 aromatic rings. The van der Waals surface area contributed by atoms with E-state index in [9.17, 15) is 9.90 Å². The fraction of sp³-hybridized carbons (Fsp3) is 0.938. The minimum atomic E-state index is -0.545. The largest absolute Gasteiger partial charge is 0.481 e. The quantitative estimate of drug-likeness (QED) is 0.853. The van der Waals surface area contributed by atoms with Gasteiger partial charge in [0, 0.05) is 19.6 Å². The minimum Gasteiger partial charge on any atom is -0.481 e. The van der Waals surface area contributed by atoms with Crippen molar-refractivity contribution >= 4 is 5.97 Å². The summed E-state index contributed by atoms with van der Waals surface area (Å²) in [5, 5.41) is 9.71. The van der Waals surface area contributed by atoms with E-state index in [0.29, 0.717) is 5.92 Å². The molecule has 2 saturated carbocycles. The number of fused-ring (bicyclic) bond motifs is 1. The normalized spacial score (nSPS) is 43.3. The second-order valence-corrected chi connectivity index (χ2v) is 7.41. The summed E-state index contributed by atoms with van der Waals surface area (Å²) in [6.07, 6.45) is 8.09. The molecule has 0 spiro atoms. The van der Waals surface area contributed by atoms with Crippen LogP contribution in [0.5, 0.6) is 0 Å². The third-order valence-corrected chi connectivity index (χ3v) is 6.01. The molecule has 3 nitrogen and oxygen atoms in total. The van der Waals surface area contributed by atoms with E-state index in [1.807, 2.05) is 0 Å². The fourth-order valence-electron chi connectivity index (χ4n) is 4.64. The molecule has 1 saturated heterocycles. The van der Waals surface area contributed by atoms with E-state index in [4.69, 9.17) is 0 Å². The van der Waals surface area contributed by atoms with Gasteiger partial charge in [-0.2, -0.15) is 0 Å². The van der Waals surface area contributed by atoms with Gasteiger partial charge in [-0.25, -0.2) is 0 Å². The number of rotatable bonds is 3. The zero-order valence-corrected chi connectivity index (χ0v) is 12.1. The van der Waals surface area contributed by atoms with E-state index in [2.05, 4.69) is 11.8 Å². The van der Waals surface area contributed by atoms with E-state index < -0.39 is 11.4 Å². The van der Waals surface area contributed by atoms with Gasteiger partial charge in [0.1, 0.15) is 0 Å². The number of carboxylic acids is 1. The number of carbonyl (C=O) groups is 1. The van der Waals surface area contributed by atoms with Crippen molar-refractivity contribution in [1.29, 1.82) is 0 Å². The van der Waals surface area contributed by atoms with E-state index >= 15 is 0 Å². The van der Waals surface area contributed by atoms with E-state index in [1.165, 1.54) is 19.3 Å². The lowest BCUT2D eigenvalue weighted by molar-refractivity contribution is -0.153. The highest BCUT2D eigenvalue weighted by atomic mass is 16.4. The molecule has 3 heteroatoms. The Balaban J connectivity index is 1.64. The van der Waals surface area contributed by atoms with Crippen LogP contribution in [0.3, 0.4) is 0 Å². The molecule has 2 atom stereocenters. The summed E-state index contributed by atoms with van der Waals surface area (Å²) in [6, 6.07) is 0. The van der Waals surface area contributed by atoms with Gasteiger partial charge in [-0.3, -0.25) is 4.79 Å². The average molecular weight is 265 g/mol. The maximum absolute atomic E-state index is 11.8. The summed E-state index contributed by atoms with van der Waals surface area (Å²) in [7, 11) is 0. The summed E-state index contributed by atoms with van der Waals surface area (Å²) in [6.45, 7) is 5.39. The van der Waals surface area contributed by atoms with Crippen LogP contribution in [0.1, 0.15) is 51.9 Å². The molecule has 3 aliphatic rings. The van der Waals surface area contributed by atoms with Crippen molar-refractivity contribution in [1.82, 2.24) is 4.90 Å². The Morgan fingerprint density at radius 3 is 2.26 bits per heavy atom. The van der Waals surface area contributed by atoms with Gasteiger partial charge in [-0.15, -0.1) is 0 Å². The number of likely N-dealkylation sites (tertiary alicyclic amines) is 1. The first-order valence-corrected chi connectivity index (χ1v) is 8.05. The number of nitrogens with zero attached hydrogens (tertiary/aromatic N) is 1. The number of hydrogen-bond donors (Lipinski definition) is 1. The van der Waals surface area contributed by atoms with Crippen LogP contribution in [-0.2, 0) is 4.79 Å². The zero-order valence-electron chi connectivity index (χ0n) is 12.1. The molecule has 19 heavy (non-hydrogen) atoms. The second-order valence-electron chi connectivity index (χ2n) is 7.41. The Hall–Kier alpha value is -0.570. The molecule has 0 bridgehead atoms. The van der Waals surface area contributed by atoms with E-state index in [1.54, 1.807) is 0 Å². The highest BCUT2D eigenvalue weighted by molar-refractivity contribution is 5.75. The van der Waals surface area contributed by atoms with Gasteiger partial charge in [-0.05, 0) is 56.3 Å². The summed E-state index contributed by atoms with van der Waals surface area (Å²) in [5.41, 5.74) is -0.439. The smallest absolute Gasteiger partial charge is 0.310 e. The Morgan fingerprint density at radius 1 is 1.16 bits per heavy atom. The molecule has 0 amide bonds. The highest BCUT2D eigenvalue weighted by Gasteiger charge is 2.45. The SMILES string of the molecule is CC1CCC(CN2CC3CCCC3C2)(C(=O)O)CC1. The Kier molecular flexibility index (Phi) is 3.59. The lowest BCUT2D eigenvalue weighted by Gasteiger charge is -2.38. The van der Waals surface area contributed by atoms with Crippen LogP contribution in [-0.4, -0.2) is 35.6 Å². The summed E-state index contributed by atoms with van der Waals surface area (Å²) in [4.78, 5) is 14.3. The molecule has 1 N–H and O–H groups in total. The van der Waals surface area contributed by atoms with Crippen LogP contribution >= 0.6 is 0 Å². The molecular formula is C16H27NO2. The van der Waals surface area contributed by atoms with Crippen molar-refractivity contribution in [2.75, 3.05) is 19.6 Å². The topological polar surface area (TPSA) is 40.5 Å². The molecule has 3 rings (SSSR count). The first-order chi connectivity index (χ1) is 9.09. The first-order valence-electron chi connectivity index (χ1n) is 8.05. The Labute approximate surface area is 116 Å². The molecular weight excluding hydrogens is 238 g/mol. The molecule has 108 valence electrons. The van der Waals surface area contributed by atoms with E-state index in [-0.39, 0.29) is 0 Å². The van der Waals surface area contributed by atoms with Crippen molar-refractivity contribution in [3.05, 3.63) is 0 Å². The van der Waals surface area contributed by atoms with Crippen molar-refractivity contribution in [3.8, 4) is 0 Å². The van der Waals surface area contributed by atoms with Crippen LogP contribution in [0.15, 0.2) is 0 Å². The molecule has 2 aliphatic carbocycles. The lowest BCUT2D eigenvalue weighted by Crippen LogP contribution is -2.45. The van der Waals surface area contributed by atoms with Crippen LogP contribution in [0.4, 0.5) is 0 Å². The van der Waals surface area contributed by atoms with Gasteiger partial charge < -0.3 is 10.0 Å². The van der Waals surface area contributed by atoms with Crippen molar-refractivity contribution in [2.24, 2.45) is 23.2 Å². The molecule has 2 unspecified atom stereocenters. The van der Waals surface area contributed by atoms with Crippen LogP contribution in [0.25, 0.3) is 0 Å². The maximum Gasteiger partial charge on any atom is 0.310 e. The molecule has 0 aromatic carbocycles. The third-order valence-electron chi connectivity index (χ3n) is 6.01. The van der Waals surface area contributed by atoms with Gasteiger partial charge in [0.15, 0.2) is 0 Å². The molecule has 0 radical (unpaired) electrons. The summed E-state index contributed by atoms with van der Waals surface area (Å²) in [5.74, 6) is 1.91. The molecule has 1 heterocycles. The first kappa shape index (κ1) is 13.4. The summed E-state index contributed by atoms with van der Waals surface area (Å²) >= 11 is 0. The maximum atomic E-state index is 11.8. The zero-order chi connectivity index (χ0) is 13.5. The van der Waals surface area contributed by atoms with Crippen molar-refractivity contribution in [3.63, 3.8) is 0 Å². The van der Waals surface area contributed by atoms with Crippen LogP contribution in [0, 0.1) is 23.2 Å². The number of hydrogen-bond acceptors (Lipinski definition) is 2. The van der Waals surface area contributed by atoms with Crippen LogP contribution in [0.2, 0.25) is 0 Å². The van der Waals surface area contributed by atoms with Gasteiger partial charge in [-0.1, -0.05) is 13.3 Å². The number of carboxylic acid groups (broad SMARTS) is 1. The second kappa shape index (κ2) is 5.08. The molecule has 0 aromatic heterocycles. The Morgan fingerprint density at radius 2 is 1.74 bits per heavy atom. The predicted octanol–water partition coefficient (Wildman–Crippen LogP) is 3.00. The summed E-state index contributed by atoms with van der Waals surface area (Å²) < 4.78 is 0. The van der Waals surface area contributed by atoms with Crippen molar-refractivity contribution in [2.45, 2.75) is 51.9 Å².